The summed E-state index contributed by atoms with van der Waals surface area (Å²) in [5, 5.41) is 0. The Hall–Kier alpha value is -3.36. The van der Waals surface area contributed by atoms with Crippen LogP contribution in [0.5, 0.6) is 17.2 Å². The van der Waals surface area contributed by atoms with Gasteiger partial charge in [-0.15, -0.1) is 0 Å². The third kappa shape index (κ3) is 5.71. The molecule has 33 heavy (non-hydrogen) atoms. The molecule has 0 aliphatic rings. The highest BCUT2D eigenvalue weighted by Gasteiger charge is 2.27. The van der Waals surface area contributed by atoms with Crippen molar-refractivity contribution in [3.05, 3.63) is 83.4 Å². The molecule has 0 spiro atoms. The quantitative estimate of drug-likeness (QED) is 0.445. The van der Waals surface area contributed by atoms with Crippen molar-refractivity contribution in [3.8, 4) is 17.2 Å². The summed E-state index contributed by atoms with van der Waals surface area (Å²) >= 11 is 0. The number of nitrogens with one attached hydrogen (secondary N) is 1. The number of aryl methyl sites for hydroxylation is 1. The number of sulfonamides is 1. The predicted molar refractivity (Wildman–Crippen MR) is 126 cm³/mol. The Morgan fingerprint density at radius 2 is 1.45 bits per heavy atom. The lowest BCUT2D eigenvalue weighted by molar-refractivity contribution is 0.0972. The zero-order valence-electron chi connectivity index (χ0n) is 19.0. The number of ether oxygens (including phenoxy) is 3. The topological polar surface area (TPSA) is 90.9 Å². The van der Waals surface area contributed by atoms with Crippen molar-refractivity contribution in [3.63, 3.8) is 0 Å². The average Bonchev–Trinajstić information content (AvgIpc) is 2.83. The highest BCUT2D eigenvalue weighted by molar-refractivity contribution is 7.89. The van der Waals surface area contributed by atoms with Gasteiger partial charge in [-0.25, -0.2) is 13.1 Å². The molecule has 1 N–H and O–H groups in total. The van der Waals surface area contributed by atoms with E-state index in [0.717, 1.165) is 5.56 Å². The molecular formula is C25H27NO6S. The Labute approximate surface area is 194 Å². The van der Waals surface area contributed by atoms with Crippen LogP contribution in [-0.4, -0.2) is 35.5 Å². The molecule has 0 aliphatic carbocycles. The number of hydrogen-bond acceptors (Lipinski definition) is 6. The summed E-state index contributed by atoms with van der Waals surface area (Å²) in [4.78, 5) is 13.1. The maximum Gasteiger partial charge on any atom is 0.241 e. The minimum Gasteiger partial charge on any atom is -0.493 e. The van der Waals surface area contributed by atoms with Crippen LogP contribution < -0.4 is 18.9 Å². The maximum absolute atomic E-state index is 13.2. The second kappa shape index (κ2) is 10.5. The van der Waals surface area contributed by atoms with Crippen molar-refractivity contribution in [1.29, 1.82) is 0 Å². The number of benzene rings is 3. The molecule has 174 valence electrons. The lowest BCUT2D eigenvalue weighted by Gasteiger charge is -2.21. The normalized spacial score (nSPS) is 12.1. The van der Waals surface area contributed by atoms with Crippen molar-refractivity contribution >= 4 is 15.8 Å². The van der Waals surface area contributed by atoms with Gasteiger partial charge in [-0.05, 0) is 36.8 Å². The van der Waals surface area contributed by atoms with Crippen LogP contribution in [0.25, 0.3) is 0 Å². The number of hydrogen-bond donors (Lipinski definition) is 1. The second-order valence-electron chi connectivity index (χ2n) is 7.44. The first-order chi connectivity index (χ1) is 15.8. The summed E-state index contributed by atoms with van der Waals surface area (Å²) in [6.07, 6.45) is -0.103. The molecular weight excluding hydrogens is 442 g/mol. The van der Waals surface area contributed by atoms with Crippen molar-refractivity contribution in [2.75, 3.05) is 21.3 Å². The van der Waals surface area contributed by atoms with Crippen LogP contribution in [-0.2, 0) is 10.0 Å². The van der Waals surface area contributed by atoms with Crippen LogP contribution in [0.3, 0.4) is 0 Å². The Kier molecular flexibility index (Phi) is 7.73. The van der Waals surface area contributed by atoms with E-state index >= 15 is 0 Å². The lowest BCUT2D eigenvalue weighted by Crippen LogP contribution is -2.30. The molecule has 7 nitrogen and oxygen atoms in total. The molecule has 0 saturated heterocycles. The molecule has 3 aromatic rings. The molecule has 8 heteroatoms. The molecule has 3 aromatic carbocycles. The molecule has 0 heterocycles. The number of carbonyl (C=O) groups is 1. The molecule has 0 bridgehead atoms. The van der Waals surface area contributed by atoms with E-state index in [9.17, 15) is 13.2 Å². The molecule has 0 fully saturated rings. The average molecular weight is 470 g/mol. The molecule has 1 atom stereocenters. The first-order valence-corrected chi connectivity index (χ1v) is 11.7. The standard InChI is InChI=1S/C25H27NO6S/c1-17-10-12-20(13-11-17)33(28,29)26-21(16-22(27)18-8-6-5-7-9-18)19-14-23(30-2)25(32-4)24(15-19)31-3/h5-15,21,26H,16H2,1-4H3. The highest BCUT2D eigenvalue weighted by atomic mass is 32.2. The van der Waals surface area contributed by atoms with Gasteiger partial charge < -0.3 is 14.2 Å². The summed E-state index contributed by atoms with van der Waals surface area (Å²) < 4.78 is 45.2. The first kappa shape index (κ1) is 24.3. The van der Waals surface area contributed by atoms with Crippen LogP contribution in [0.2, 0.25) is 0 Å². The molecule has 0 amide bonds. The zero-order chi connectivity index (χ0) is 24.0. The number of rotatable bonds is 10. The van der Waals surface area contributed by atoms with Crippen LogP contribution >= 0.6 is 0 Å². The molecule has 0 saturated carbocycles. The van der Waals surface area contributed by atoms with Gasteiger partial charge in [0.1, 0.15) is 0 Å². The van der Waals surface area contributed by atoms with E-state index in [-0.39, 0.29) is 17.1 Å². The van der Waals surface area contributed by atoms with Crippen molar-refractivity contribution in [2.24, 2.45) is 0 Å². The van der Waals surface area contributed by atoms with E-state index in [0.29, 0.717) is 28.4 Å². The maximum atomic E-state index is 13.2. The van der Waals surface area contributed by atoms with Crippen molar-refractivity contribution < 1.29 is 27.4 Å². The number of carbonyl (C=O) groups excluding carboxylic acids is 1. The summed E-state index contributed by atoms with van der Waals surface area (Å²) in [5.74, 6) is 0.885. The molecule has 3 rings (SSSR count). The van der Waals surface area contributed by atoms with Gasteiger partial charge in [0.15, 0.2) is 17.3 Å². The summed E-state index contributed by atoms with van der Waals surface area (Å²) in [5.41, 5.74) is 1.93. The Morgan fingerprint density at radius 3 is 1.97 bits per heavy atom. The van der Waals surface area contributed by atoms with Gasteiger partial charge in [-0.1, -0.05) is 48.0 Å². The van der Waals surface area contributed by atoms with Gasteiger partial charge in [-0.3, -0.25) is 4.79 Å². The minimum atomic E-state index is -3.92. The van der Waals surface area contributed by atoms with Gasteiger partial charge >= 0.3 is 0 Å². The summed E-state index contributed by atoms with van der Waals surface area (Å²) in [6, 6.07) is 17.6. The predicted octanol–water partition coefficient (Wildman–Crippen LogP) is 4.31. The van der Waals surface area contributed by atoms with E-state index in [4.69, 9.17) is 14.2 Å². The van der Waals surface area contributed by atoms with Crippen LogP contribution in [0.15, 0.2) is 71.6 Å². The smallest absolute Gasteiger partial charge is 0.241 e. The number of ketones is 1. The molecule has 0 aliphatic heterocycles. The van der Waals surface area contributed by atoms with E-state index in [2.05, 4.69) is 4.72 Å². The van der Waals surface area contributed by atoms with Gasteiger partial charge in [0.25, 0.3) is 0 Å². The van der Waals surface area contributed by atoms with E-state index < -0.39 is 16.1 Å². The number of Topliss-reactive ketones (excluding diaryl/α,β-unsaturated/α-hetero) is 1. The second-order valence-corrected chi connectivity index (χ2v) is 9.15. The SMILES string of the molecule is COc1cc(C(CC(=O)c2ccccc2)NS(=O)(=O)c2ccc(C)cc2)cc(OC)c1OC. The third-order valence-electron chi connectivity index (χ3n) is 5.20. The largest absolute Gasteiger partial charge is 0.493 e. The fourth-order valence-corrected chi connectivity index (χ4v) is 4.65. The summed E-state index contributed by atoms with van der Waals surface area (Å²) in [7, 11) is 0.508. The van der Waals surface area contributed by atoms with Crippen molar-refractivity contribution in [2.45, 2.75) is 24.3 Å². The fraction of sp³-hybridized carbons (Fsp3) is 0.240. The van der Waals surface area contributed by atoms with Gasteiger partial charge in [0.05, 0.1) is 32.3 Å². The zero-order valence-corrected chi connectivity index (χ0v) is 19.8. The van der Waals surface area contributed by atoms with Crippen LogP contribution in [0, 0.1) is 6.92 Å². The minimum absolute atomic E-state index is 0.103. The molecule has 0 aromatic heterocycles. The summed E-state index contributed by atoms with van der Waals surface area (Å²) in [6.45, 7) is 1.88. The van der Waals surface area contributed by atoms with E-state index in [1.165, 1.54) is 33.5 Å². The van der Waals surface area contributed by atoms with E-state index in [1.54, 1.807) is 48.5 Å². The molecule has 0 radical (unpaired) electrons. The van der Waals surface area contributed by atoms with Gasteiger partial charge in [0.2, 0.25) is 15.8 Å². The third-order valence-corrected chi connectivity index (χ3v) is 6.69. The fourth-order valence-electron chi connectivity index (χ4n) is 3.43. The van der Waals surface area contributed by atoms with Gasteiger partial charge in [0, 0.05) is 12.0 Å². The Bertz CT molecular complexity index is 1180. The van der Waals surface area contributed by atoms with E-state index in [1.807, 2.05) is 13.0 Å². The Balaban J connectivity index is 2.05. The van der Waals surface area contributed by atoms with Crippen LogP contribution in [0.1, 0.15) is 33.9 Å². The van der Waals surface area contributed by atoms with Crippen LogP contribution in [0.4, 0.5) is 0 Å². The molecule has 1 unspecified atom stereocenters. The Morgan fingerprint density at radius 1 is 0.879 bits per heavy atom. The van der Waals surface area contributed by atoms with Gasteiger partial charge in [-0.2, -0.15) is 0 Å². The first-order valence-electron chi connectivity index (χ1n) is 10.3. The highest BCUT2D eigenvalue weighted by Crippen LogP contribution is 2.40. The van der Waals surface area contributed by atoms with Crippen molar-refractivity contribution in [1.82, 2.24) is 4.72 Å². The monoisotopic (exact) mass is 469 g/mol. The lowest BCUT2D eigenvalue weighted by atomic mass is 9.98. The number of methoxy groups -OCH3 is 3.